The molecule has 0 rings (SSSR count). The Hall–Kier alpha value is -0.483. The van der Waals surface area contributed by atoms with Crippen LogP contribution in [0.5, 0.6) is 0 Å². The molecule has 0 radical (unpaired) electrons. The highest BCUT2D eigenvalue weighted by molar-refractivity contribution is 6.70. The van der Waals surface area contributed by atoms with Crippen LogP contribution in [0.3, 0.4) is 0 Å². The van der Waals surface area contributed by atoms with Crippen molar-refractivity contribution in [2.45, 2.75) is 33.0 Å². The molecule has 0 amide bonds. The predicted octanol–water partition coefficient (Wildman–Crippen LogP) is 2.10. The van der Waals surface area contributed by atoms with E-state index >= 15 is 0 Å². The molecule has 0 atom stereocenters. The van der Waals surface area contributed by atoms with Gasteiger partial charge in [-0.3, -0.25) is 0 Å². The highest BCUT2D eigenvalue weighted by Crippen LogP contribution is 2.16. The van der Waals surface area contributed by atoms with Crippen molar-refractivity contribution >= 4 is 8.32 Å². The van der Waals surface area contributed by atoms with Crippen molar-refractivity contribution < 1.29 is 14.3 Å². The maximum atomic E-state index is 8.75. The molecule has 0 heterocycles. The van der Waals surface area contributed by atoms with Crippen LogP contribution in [0, 0.1) is 0 Å². The number of hydrogen-bond donors (Lipinski definition) is 1. The summed E-state index contributed by atoms with van der Waals surface area (Å²) in [5.74, 6) is 0.577. The first-order valence-electron chi connectivity index (χ1n) is 4.44. The van der Waals surface area contributed by atoms with Crippen LogP contribution in [-0.2, 0) is 9.16 Å². The largest absolute Gasteiger partial charge is 0.520 e. The third-order valence-electron chi connectivity index (χ3n) is 1.42. The van der Waals surface area contributed by atoms with E-state index in [1.165, 1.54) is 0 Å². The zero-order valence-electron chi connectivity index (χ0n) is 9.18. The molecule has 0 aliphatic heterocycles. The van der Waals surface area contributed by atoms with Crippen LogP contribution >= 0.6 is 0 Å². The Labute approximate surface area is 81.5 Å². The van der Waals surface area contributed by atoms with Crippen molar-refractivity contribution in [1.29, 1.82) is 0 Å². The Morgan fingerprint density at radius 3 is 2.15 bits per heavy atom. The van der Waals surface area contributed by atoms with Gasteiger partial charge >= 0.3 is 0 Å². The summed E-state index contributed by atoms with van der Waals surface area (Å²) < 4.78 is 10.8. The molecule has 0 bridgehead atoms. The Kier molecular flexibility index (Phi) is 5.09. The lowest BCUT2D eigenvalue weighted by molar-refractivity contribution is 0.139. The Morgan fingerprint density at radius 2 is 1.85 bits per heavy atom. The molecule has 0 spiro atoms. The van der Waals surface area contributed by atoms with Gasteiger partial charge in [0.2, 0.25) is 8.32 Å². The SMILES string of the molecule is COC(O[Si](C)(C)C)=C(C)CCO. The molecular weight excluding hydrogens is 184 g/mol. The molecule has 0 unspecified atom stereocenters. The van der Waals surface area contributed by atoms with Gasteiger partial charge in [0.25, 0.3) is 5.95 Å². The number of aliphatic hydroxyl groups is 1. The molecule has 0 aliphatic rings. The summed E-state index contributed by atoms with van der Waals surface area (Å²) in [4.78, 5) is 0. The average Bonchev–Trinajstić information content (AvgIpc) is 1.99. The molecule has 3 nitrogen and oxygen atoms in total. The standard InChI is InChI=1S/C9H20O3Si/c1-8(6-7-10)9(11-2)12-13(3,4)5/h10H,6-7H2,1-5H3. The molecule has 0 fully saturated rings. The van der Waals surface area contributed by atoms with Gasteiger partial charge in [0.05, 0.1) is 7.11 Å². The van der Waals surface area contributed by atoms with Crippen LogP contribution in [0.15, 0.2) is 11.5 Å². The Morgan fingerprint density at radius 1 is 1.31 bits per heavy atom. The van der Waals surface area contributed by atoms with E-state index in [1.54, 1.807) is 7.11 Å². The Balaban J connectivity index is 4.40. The first kappa shape index (κ1) is 12.5. The number of methoxy groups -OCH3 is 1. The van der Waals surface area contributed by atoms with Crippen LogP contribution in [-0.4, -0.2) is 27.1 Å². The second kappa shape index (κ2) is 5.29. The van der Waals surface area contributed by atoms with Gasteiger partial charge in [-0.25, -0.2) is 0 Å². The highest BCUT2D eigenvalue weighted by atomic mass is 28.4. The summed E-state index contributed by atoms with van der Waals surface area (Å²) in [5, 5.41) is 8.75. The summed E-state index contributed by atoms with van der Waals surface area (Å²) in [7, 11) is -0.00397. The molecule has 0 saturated heterocycles. The number of ether oxygens (including phenoxy) is 1. The normalized spacial score (nSPS) is 13.7. The van der Waals surface area contributed by atoms with Gasteiger partial charge in [0.15, 0.2) is 0 Å². The van der Waals surface area contributed by atoms with Crippen molar-refractivity contribution in [3.05, 3.63) is 11.5 Å². The van der Waals surface area contributed by atoms with Gasteiger partial charge in [-0.05, 0) is 33.0 Å². The quantitative estimate of drug-likeness (QED) is 0.550. The predicted molar refractivity (Wildman–Crippen MR) is 55.8 cm³/mol. The third-order valence-corrected chi connectivity index (χ3v) is 2.22. The van der Waals surface area contributed by atoms with Crippen molar-refractivity contribution in [2.75, 3.05) is 13.7 Å². The fourth-order valence-electron chi connectivity index (χ4n) is 0.851. The number of aliphatic hydroxyl groups excluding tert-OH is 1. The lowest BCUT2D eigenvalue weighted by Crippen LogP contribution is -2.26. The number of rotatable bonds is 5. The van der Waals surface area contributed by atoms with Crippen molar-refractivity contribution in [3.8, 4) is 0 Å². The van der Waals surface area contributed by atoms with Gasteiger partial charge in [0.1, 0.15) is 0 Å². The van der Waals surface area contributed by atoms with E-state index in [0.717, 1.165) is 5.57 Å². The van der Waals surface area contributed by atoms with Crippen LogP contribution in [0.2, 0.25) is 19.6 Å². The van der Waals surface area contributed by atoms with E-state index in [-0.39, 0.29) is 6.61 Å². The summed E-state index contributed by atoms with van der Waals surface area (Å²) in [5.41, 5.74) is 0.965. The smallest absolute Gasteiger partial charge is 0.263 e. The molecule has 0 aromatic carbocycles. The molecule has 13 heavy (non-hydrogen) atoms. The first-order valence-corrected chi connectivity index (χ1v) is 7.85. The average molecular weight is 204 g/mol. The summed E-state index contributed by atoms with van der Waals surface area (Å²) in [6, 6.07) is 0. The summed E-state index contributed by atoms with van der Waals surface area (Å²) in [6.07, 6.45) is 0.605. The first-order chi connectivity index (χ1) is 5.90. The Bertz CT molecular complexity index is 182. The molecule has 0 aromatic rings. The van der Waals surface area contributed by atoms with Gasteiger partial charge in [-0.1, -0.05) is 0 Å². The fraction of sp³-hybridized carbons (Fsp3) is 0.778. The molecule has 0 saturated carbocycles. The van der Waals surface area contributed by atoms with E-state index in [4.69, 9.17) is 14.3 Å². The molecule has 4 heteroatoms. The summed E-state index contributed by atoms with van der Waals surface area (Å²) >= 11 is 0. The minimum atomic E-state index is -1.60. The topological polar surface area (TPSA) is 38.7 Å². The molecular formula is C9H20O3Si. The molecule has 1 N–H and O–H groups in total. The van der Waals surface area contributed by atoms with Crippen LogP contribution in [0.4, 0.5) is 0 Å². The highest BCUT2D eigenvalue weighted by Gasteiger charge is 2.19. The third kappa shape index (κ3) is 5.71. The van der Waals surface area contributed by atoms with E-state index in [0.29, 0.717) is 12.4 Å². The second-order valence-electron chi connectivity index (χ2n) is 3.96. The van der Waals surface area contributed by atoms with Gasteiger partial charge in [-0.15, -0.1) is 0 Å². The molecule has 0 aliphatic carbocycles. The van der Waals surface area contributed by atoms with Crippen LogP contribution in [0.25, 0.3) is 0 Å². The van der Waals surface area contributed by atoms with E-state index in [1.807, 2.05) is 6.92 Å². The molecule has 0 aromatic heterocycles. The van der Waals surface area contributed by atoms with E-state index in [2.05, 4.69) is 19.6 Å². The van der Waals surface area contributed by atoms with E-state index in [9.17, 15) is 0 Å². The van der Waals surface area contributed by atoms with Crippen molar-refractivity contribution in [2.24, 2.45) is 0 Å². The van der Waals surface area contributed by atoms with Crippen molar-refractivity contribution in [1.82, 2.24) is 0 Å². The zero-order valence-corrected chi connectivity index (χ0v) is 10.2. The zero-order chi connectivity index (χ0) is 10.5. The lowest BCUT2D eigenvalue weighted by Gasteiger charge is -2.22. The maximum Gasteiger partial charge on any atom is 0.263 e. The van der Waals surface area contributed by atoms with Crippen molar-refractivity contribution in [3.63, 3.8) is 0 Å². The monoisotopic (exact) mass is 204 g/mol. The molecule has 78 valence electrons. The van der Waals surface area contributed by atoms with Gasteiger partial charge in [0, 0.05) is 12.2 Å². The van der Waals surface area contributed by atoms with Crippen LogP contribution in [0.1, 0.15) is 13.3 Å². The number of hydrogen-bond acceptors (Lipinski definition) is 3. The maximum absolute atomic E-state index is 8.75. The lowest BCUT2D eigenvalue weighted by atomic mass is 10.2. The second-order valence-corrected chi connectivity index (χ2v) is 8.39. The minimum Gasteiger partial charge on any atom is -0.520 e. The fourth-order valence-corrected chi connectivity index (χ4v) is 1.66. The van der Waals surface area contributed by atoms with Gasteiger partial charge < -0.3 is 14.3 Å². The van der Waals surface area contributed by atoms with E-state index < -0.39 is 8.32 Å². The minimum absolute atomic E-state index is 0.133. The van der Waals surface area contributed by atoms with Gasteiger partial charge in [-0.2, -0.15) is 0 Å². The van der Waals surface area contributed by atoms with Crippen LogP contribution < -0.4 is 0 Å². The summed E-state index contributed by atoms with van der Waals surface area (Å²) in [6.45, 7) is 8.33.